The lowest BCUT2D eigenvalue weighted by atomic mass is 10.1. The number of hydrogen-bond donors (Lipinski definition) is 2. The lowest BCUT2D eigenvalue weighted by Crippen LogP contribution is -2.49. The van der Waals surface area contributed by atoms with Gasteiger partial charge in [0.2, 0.25) is 10.0 Å². The van der Waals surface area contributed by atoms with Gasteiger partial charge in [-0.3, -0.25) is 0 Å². The van der Waals surface area contributed by atoms with Crippen LogP contribution in [0.15, 0.2) is 24.3 Å². The molecule has 162 valence electrons. The van der Waals surface area contributed by atoms with Crippen LogP contribution in [0.5, 0.6) is 0 Å². The molecule has 2 fully saturated rings. The number of nitrogens with zero attached hydrogens (tertiary/aromatic N) is 2. The van der Waals surface area contributed by atoms with E-state index < -0.39 is 10.0 Å². The molecule has 29 heavy (non-hydrogen) atoms. The number of carbonyl (C=O) groups excluding carboxylic acids is 1. The summed E-state index contributed by atoms with van der Waals surface area (Å²) in [5.41, 5.74) is 1.46. The number of benzene rings is 1. The fraction of sp³-hybridized carbons (Fsp3) is 0.632. The van der Waals surface area contributed by atoms with E-state index in [2.05, 4.69) is 5.32 Å². The molecule has 2 amide bonds. The van der Waals surface area contributed by atoms with Gasteiger partial charge in [-0.15, -0.1) is 0 Å². The van der Waals surface area contributed by atoms with Crippen molar-refractivity contribution in [2.24, 2.45) is 0 Å². The fourth-order valence-electron chi connectivity index (χ4n) is 3.49. The Hall–Kier alpha value is -1.72. The Bertz CT molecular complexity index is 780. The molecule has 1 aromatic rings. The average Bonchev–Trinajstić information content (AvgIpc) is 2.74. The van der Waals surface area contributed by atoms with Crippen LogP contribution >= 0.6 is 0 Å². The summed E-state index contributed by atoms with van der Waals surface area (Å²) in [6.45, 7) is 3.18. The summed E-state index contributed by atoms with van der Waals surface area (Å²) in [4.78, 5) is 14.2. The standard InChI is InChI=1S/C19H29N3O6S/c23-9-5-18-14-21(6-12-28-18)19(24)20-13-16-3-1-2-4-17(16)15-29(25,26)22-7-10-27-11-8-22/h1-4,18,23H,5-15H2,(H,20,24). The van der Waals surface area contributed by atoms with Crippen LogP contribution in [0.4, 0.5) is 4.79 Å². The number of hydrogen-bond acceptors (Lipinski definition) is 6. The van der Waals surface area contributed by atoms with Crippen LogP contribution in [0.2, 0.25) is 0 Å². The van der Waals surface area contributed by atoms with E-state index in [1.165, 1.54) is 4.31 Å². The third kappa shape index (κ3) is 6.13. The van der Waals surface area contributed by atoms with Gasteiger partial charge in [0.15, 0.2) is 0 Å². The van der Waals surface area contributed by atoms with Gasteiger partial charge in [-0.1, -0.05) is 24.3 Å². The van der Waals surface area contributed by atoms with Crippen LogP contribution in [0.25, 0.3) is 0 Å². The number of rotatable bonds is 7. The molecule has 9 nitrogen and oxygen atoms in total. The smallest absolute Gasteiger partial charge is 0.317 e. The van der Waals surface area contributed by atoms with Crippen molar-refractivity contribution in [2.75, 3.05) is 52.6 Å². The van der Waals surface area contributed by atoms with Gasteiger partial charge in [-0.2, -0.15) is 4.31 Å². The molecule has 0 aliphatic carbocycles. The van der Waals surface area contributed by atoms with Crippen molar-refractivity contribution in [1.82, 2.24) is 14.5 Å². The molecule has 1 unspecified atom stereocenters. The Morgan fingerprint density at radius 1 is 1.14 bits per heavy atom. The van der Waals surface area contributed by atoms with Gasteiger partial charge in [-0.05, 0) is 17.5 Å². The van der Waals surface area contributed by atoms with Crippen LogP contribution < -0.4 is 5.32 Å². The SMILES string of the molecule is O=C(NCc1ccccc1CS(=O)(=O)N1CCOCC1)N1CCOC(CCO)C1. The molecular weight excluding hydrogens is 398 g/mol. The molecule has 2 heterocycles. The lowest BCUT2D eigenvalue weighted by molar-refractivity contribution is -0.0246. The quantitative estimate of drug-likeness (QED) is 0.641. The number of amides is 2. The number of sulfonamides is 1. The van der Waals surface area contributed by atoms with Crippen LogP contribution in [-0.2, 0) is 31.8 Å². The number of aliphatic hydroxyl groups is 1. The Kier molecular flexibility index (Phi) is 7.84. The number of urea groups is 1. The zero-order chi connectivity index (χ0) is 20.7. The molecule has 2 aliphatic rings. The van der Waals surface area contributed by atoms with Crippen LogP contribution in [-0.4, -0.2) is 87.5 Å². The summed E-state index contributed by atoms with van der Waals surface area (Å²) in [6, 6.07) is 7.03. The second kappa shape index (κ2) is 10.4. The molecule has 2 aliphatic heterocycles. The van der Waals surface area contributed by atoms with Crippen molar-refractivity contribution in [2.45, 2.75) is 24.8 Å². The molecule has 1 atom stereocenters. The molecule has 1 aromatic carbocycles. The molecule has 0 bridgehead atoms. The van der Waals surface area contributed by atoms with E-state index in [1.807, 2.05) is 12.1 Å². The van der Waals surface area contributed by atoms with Gasteiger partial charge in [0.1, 0.15) is 0 Å². The Morgan fingerprint density at radius 3 is 2.59 bits per heavy atom. The van der Waals surface area contributed by atoms with E-state index >= 15 is 0 Å². The maximum Gasteiger partial charge on any atom is 0.317 e. The molecule has 0 spiro atoms. The van der Waals surface area contributed by atoms with Gasteiger partial charge in [-0.25, -0.2) is 13.2 Å². The zero-order valence-corrected chi connectivity index (χ0v) is 17.3. The number of morpholine rings is 2. The second-order valence-electron chi connectivity index (χ2n) is 7.15. The first kappa shape index (κ1) is 22.0. The van der Waals surface area contributed by atoms with Gasteiger partial charge in [0.25, 0.3) is 0 Å². The van der Waals surface area contributed by atoms with Gasteiger partial charge >= 0.3 is 6.03 Å². The average molecular weight is 428 g/mol. The van der Waals surface area contributed by atoms with E-state index in [9.17, 15) is 13.2 Å². The van der Waals surface area contributed by atoms with E-state index in [4.69, 9.17) is 14.6 Å². The number of carbonyl (C=O) groups is 1. The van der Waals surface area contributed by atoms with Gasteiger partial charge in [0.05, 0.1) is 31.7 Å². The molecule has 2 saturated heterocycles. The first-order chi connectivity index (χ1) is 14.0. The van der Waals surface area contributed by atoms with E-state index in [-0.39, 0.29) is 31.0 Å². The summed E-state index contributed by atoms with van der Waals surface area (Å²) >= 11 is 0. The lowest BCUT2D eigenvalue weighted by Gasteiger charge is -2.32. The molecule has 0 saturated carbocycles. The van der Waals surface area contributed by atoms with Crippen molar-refractivity contribution >= 4 is 16.1 Å². The number of aliphatic hydroxyl groups excluding tert-OH is 1. The van der Waals surface area contributed by atoms with Gasteiger partial charge < -0.3 is 24.8 Å². The van der Waals surface area contributed by atoms with Crippen molar-refractivity contribution in [3.8, 4) is 0 Å². The summed E-state index contributed by atoms with van der Waals surface area (Å²) in [6.07, 6.45) is 0.330. The number of ether oxygens (including phenoxy) is 2. The Balaban J connectivity index is 1.59. The zero-order valence-electron chi connectivity index (χ0n) is 16.5. The summed E-state index contributed by atoms with van der Waals surface area (Å²) < 4.78 is 37.7. The Labute approximate surface area is 171 Å². The normalized spacial score (nSPS) is 21.1. The van der Waals surface area contributed by atoms with Crippen molar-refractivity contribution < 1.29 is 27.8 Å². The summed E-state index contributed by atoms with van der Waals surface area (Å²) in [5.74, 6) is -0.102. The molecular formula is C19H29N3O6S. The number of nitrogens with one attached hydrogen (secondary N) is 1. The van der Waals surface area contributed by atoms with Crippen molar-refractivity contribution in [3.05, 3.63) is 35.4 Å². The minimum atomic E-state index is -3.44. The maximum atomic E-state index is 12.7. The highest BCUT2D eigenvalue weighted by Crippen LogP contribution is 2.17. The molecule has 0 radical (unpaired) electrons. The highest BCUT2D eigenvalue weighted by Gasteiger charge is 2.26. The minimum Gasteiger partial charge on any atom is -0.396 e. The predicted molar refractivity (Wildman–Crippen MR) is 107 cm³/mol. The van der Waals surface area contributed by atoms with Crippen molar-refractivity contribution in [1.29, 1.82) is 0 Å². The highest BCUT2D eigenvalue weighted by atomic mass is 32.2. The van der Waals surface area contributed by atoms with E-state index in [1.54, 1.807) is 17.0 Å². The molecule has 2 N–H and O–H groups in total. The second-order valence-corrected chi connectivity index (χ2v) is 9.12. The molecule has 3 rings (SSSR count). The van der Waals surface area contributed by atoms with Crippen LogP contribution in [0, 0.1) is 0 Å². The molecule has 0 aromatic heterocycles. The minimum absolute atomic E-state index is 0.0190. The monoisotopic (exact) mass is 427 g/mol. The maximum absolute atomic E-state index is 12.7. The third-order valence-electron chi connectivity index (χ3n) is 5.13. The van der Waals surface area contributed by atoms with E-state index in [0.717, 1.165) is 5.56 Å². The summed E-state index contributed by atoms with van der Waals surface area (Å²) in [7, 11) is -3.44. The van der Waals surface area contributed by atoms with Crippen LogP contribution in [0.1, 0.15) is 17.5 Å². The van der Waals surface area contributed by atoms with Crippen molar-refractivity contribution in [3.63, 3.8) is 0 Å². The first-order valence-corrected chi connectivity index (χ1v) is 11.5. The molecule has 10 heteroatoms. The summed E-state index contributed by atoms with van der Waals surface area (Å²) in [5, 5.41) is 11.9. The van der Waals surface area contributed by atoms with E-state index in [0.29, 0.717) is 58.0 Å². The largest absolute Gasteiger partial charge is 0.396 e. The highest BCUT2D eigenvalue weighted by molar-refractivity contribution is 7.88. The topological polar surface area (TPSA) is 108 Å². The first-order valence-electron chi connectivity index (χ1n) is 9.87. The third-order valence-corrected chi connectivity index (χ3v) is 6.95. The predicted octanol–water partition coefficient (Wildman–Crippen LogP) is 0.141. The van der Waals surface area contributed by atoms with Gasteiger partial charge in [0, 0.05) is 39.3 Å². The Morgan fingerprint density at radius 2 is 1.86 bits per heavy atom. The fourth-order valence-corrected chi connectivity index (χ4v) is 5.05. The van der Waals surface area contributed by atoms with Crippen LogP contribution in [0.3, 0.4) is 0 Å².